The molecule has 7 heteroatoms. The van der Waals surface area contributed by atoms with Crippen molar-refractivity contribution in [3.63, 3.8) is 0 Å². The van der Waals surface area contributed by atoms with E-state index in [0.717, 1.165) is 31.3 Å². The van der Waals surface area contributed by atoms with E-state index in [4.69, 9.17) is 0 Å². The van der Waals surface area contributed by atoms with Gasteiger partial charge >= 0.3 is 0 Å². The lowest BCUT2D eigenvalue weighted by Crippen LogP contribution is -2.45. The number of hydrogen-bond donors (Lipinski definition) is 1. The predicted molar refractivity (Wildman–Crippen MR) is 74.0 cm³/mol. The zero-order chi connectivity index (χ0) is 12.3. The van der Waals surface area contributed by atoms with Gasteiger partial charge in [0.15, 0.2) is 0 Å². The number of nitrogens with zero attached hydrogens (tertiary/aromatic N) is 1. The van der Waals surface area contributed by atoms with Crippen LogP contribution in [0.2, 0.25) is 0 Å². The molecular weight excluding hydrogens is 300 g/mol. The third kappa shape index (κ3) is 4.53. The van der Waals surface area contributed by atoms with Crippen molar-refractivity contribution in [3.05, 3.63) is 35.4 Å². The van der Waals surface area contributed by atoms with Crippen LogP contribution in [0.1, 0.15) is 11.6 Å². The maximum atomic E-state index is 13.6. The van der Waals surface area contributed by atoms with Gasteiger partial charge in [-0.1, -0.05) is 0 Å². The molecular formula is C12H17Cl2F3N2. The number of alkyl halides is 1. The van der Waals surface area contributed by atoms with Crippen molar-refractivity contribution < 1.29 is 13.2 Å². The summed E-state index contributed by atoms with van der Waals surface area (Å²) < 4.78 is 39.8. The van der Waals surface area contributed by atoms with Crippen molar-refractivity contribution in [2.45, 2.75) is 6.04 Å². The molecule has 0 unspecified atom stereocenters. The molecule has 1 atom stereocenters. The Bertz CT molecular complexity index is 387. The maximum absolute atomic E-state index is 13.6. The minimum absolute atomic E-state index is 0. The standard InChI is InChI=1S/C12H15F3N2.2ClH/c13-8-12(17-5-3-16-4-6-17)10-7-9(14)1-2-11(10)15;;/h1-2,7,12,16H,3-6,8H2;2*1H/t12-;;/m0../s1. The number of rotatable bonds is 3. The molecule has 1 N–H and O–H groups in total. The third-order valence-electron chi connectivity index (χ3n) is 3.06. The summed E-state index contributed by atoms with van der Waals surface area (Å²) in [5, 5.41) is 3.14. The van der Waals surface area contributed by atoms with Crippen molar-refractivity contribution in [2.75, 3.05) is 32.9 Å². The molecule has 0 saturated carbocycles. The normalized spacial score (nSPS) is 17.2. The number of halogens is 5. The molecule has 1 heterocycles. The van der Waals surface area contributed by atoms with Gasteiger partial charge in [0.25, 0.3) is 0 Å². The van der Waals surface area contributed by atoms with Crippen molar-refractivity contribution >= 4 is 24.8 Å². The van der Waals surface area contributed by atoms with E-state index in [1.165, 1.54) is 0 Å². The average molecular weight is 317 g/mol. The van der Waals surface area contributed by atoms with Gasteiger partial charge in [0, 0.05) is 31.7 Å². The van der Waals surface area contributed by atoms with Crippen molar-refractivity contribution in [1.82, 2.24) is 10.2 Å². The van der Waals surface area contributed by atoms with Gasteiger partial charge in [0.05, 0.1) is 6.04 Å². The van der Waals surface area contributed by atoms with Crippen molar-refractivity contribution in [2.24, 2.45) is 0 Å². The molecule has 1 aromatic rings. The van der Waals surface area contributed by atoms with Crippen molar-refractivity contribution in [1.29, 1.82) is 0 Å². The molecule has 1 fully saturated rings. The molecule has 19 heavy (non-hydrogen) atoms. The molecule has 1 saturated heterocycles. The van der Waals surface area contributed by atoms with Gasteiger partial charge in [-0.15, -0.1) is 24.8 Å². The number of nitrogens with one attached hydrogen (secondary N) is 1. The SMILES string of the molecule is Cl.Cl.FC[C@@H](c1cc(F)ccc1F)N1CCNCC1. The van der Waals surface area contributed by atoms with Crippen LogP contribution in [0.25, 0.3) is 0 Å². The molecule has 2 nitrogen and oxygen atoms in total. The van der Waals surface area contributed by atoms with Gasteiger partial charge in [0.1, 0.15) is 18.3 Å². The molecule has 0 aliphatic carbocycles. The summed E-state index contributed by atoms with van der Waals surface area (Å²) in [5.41, 5.74) is 0.106. The van der Waals surface area contributed by atoms with Crippen LogP contribution in [0.4, 0.5) is 13.2 Å². The van der Waals surface area contributed by atoms with E-state index in [-0.39, 0.29) is 30.4 Å². The van der Waals surface area contributed by atoms with E-state index < -0.39 is 24.4 Å². The second kappa shape index (κ2) is 8.64. The minimum atomic E-state index is -0.708. The molecule has 0 amide bonds. The fraction of sp³-hybridized carbons (Fsp3) is 0.500. The Balaban J connectivity index is 0.00000162. The van der Waals surface area contributed by atoms with E-state index in [2.05, 4.69) is 5.32 Å². The van der Waals surface area contributed by atoms with E-state index in [1.54, 1.807) is 0 Å². The highest BCUT2D eigenvalue weighted by molar-refractivity contribution is 5.85. The Morgan fingerprint density at radius 1 is 1.16 bits per heavy atom. The lowest BCUT2D eigenvalue weighted by atomic mass is 10.0. The first-order valence-corrected chi connectivity index (χ1v) is 5.68. The van der Waals surface area contributed by atoms with Gasteiger partial charge < -0.3 is 5.32 Å². The Labute approximate surface area is 123 Å². The summed E-state index contributed by atoms with van der Waals surface area (Å²) in [5.74, 6) is -1.08. The van der Waals surface area contributed by atoms with Gasteiger partial charge in [-0.2, -0.15) is 0 Å². The van der Waals surface area contributed by atoms with Crippen LogP contribution in [-0.2, 0) is 0 Å². The summed E-state index contributed by atoms with van der Waals surface area (Å²) in [4.78, 5) is 1.84. The van der Waals surface area contributed by atoms with Gasteiger partial charge in [0.2, 0.25) is 0 Å². The molecule has 2 rings (SSSR count). The second-order valence-electron chi connectivity index (χ2n) is 4.12. The first-order chi connectivity index (χ1) is 8.22. The smallest absolute Gasteiger partial charge is 0.128 e. The molecule has 0 radical (unpaired) electrons. The Kier molecular flexibility index (Phi) is 8.41. The zero-order valence-corrected chi connectivity index (χ0v) is 11.9. The van der Waals surface area contributed by atoms with Crippen LogP contribution in [-0.4, -0.2) is 37.8 Å². The fourth-order valence-electron chi connectivity index (χ4n) is 2.14. The van der Waals surface area contributed by atoms with E-state index in [0.29, 0.717) is 13.1 Å². The Morgan fingerprint density at radius 2 is 1.79 bits per heavy atom. The van der Waals surface area contributed by atoms with Crippen LogP contribution in [0.5, 0.6) is 0 Å². The highest BCUT2D eigenvalue weighted by Crippen LogP contribution is 2.25. The molecule has 1 aromatic carbocycles. The van der Waals surface area contributed by atoms with E-state index in [1.807, 2.05) is 4.90 Å². The Hall–Kier alpha value is -0.490. The van der Waals surface area contributed by atoms with Crippen molar-refractivity contribution in [3.8, 4) is 0 Å². The van der Waals surface area contributed by atoms with Crippen LogP contribution in [0.15, 0.2) is 18.2 Å². The first-order valence-electron chi connectivity index (χ1n) is 5.68. The Morgan fingerprint density at radius 3 is 2.37 bits per heavy atom. The van der Waals surface area contributed by atoms with Gasteiger partial charge in [-0.3, -0.25) is 4.90 Å². The minimum Gasteiger partial charge on any atom is -0.314 e. The molecule has 1 aliphatic rings. The molecule has 1 aliphatic heterocycles. The fourth-order valence-corrected chi connectivity index (χ4v) is 2.14. The van der Waals surface area contributed by atoms with E-state index >= 15 is 0 Å². The van der Waals surface area contributed by atoms with Crippen LogP contribution in [0, 0.1) is 11.6 Å². The third-order valence-corrected chi connectivity index (χ3v) is 3.06. The number of hydrogen-bond acceptors (Lipinski definition) is 2. The molecule has 0 aromatic heterocycles. The second-order valence-corrected chi connectivity index (χ2v) is 4.12. The monoisotopic (exact) mass is 316 g/mol. The average Bonchev–Trinajstić information content (AvgIpc) is 2.36. The van der Waals surface area contributed by atoms with Crippen LogP contribution < -0.4 is 5.32 Å². The van der Waals surface area contributed by atoms with Crippen LogP contribution >= 0.6 is 24.8 Å². The highest BCUT2D eigenvalue weighted by Gasteiger charge is 2.24. The maximum Gasteiger partial charge on any atom is 0.128 e. The van der Waals surface area contributed by atoms with Gasteiger partial charge in [-0.05, 0) is 18.2 Å². The summed E-state index contributed by atoms with van der Waals surface area (Å²) in [6.45, 7) is 2.07. The summed E-state index contributed by atoms with van der Waals surface area (Å²) in [7, 11) is 0. The molecule has 110 valence electrons. The van der Waals surface area contributed by atoms with Gasteiger partial charge in [-0.25, -0.2) is 13.2 Å². The molecule has 0 bridgehead atoms. The summed E-state index contributed by atoms with van der Waals surface area (Å²) in [6, 6.07) is 2.50. The zero-order valence-electron chi connectivity index (χ0n) is 10.2. The summed E-state index contributed by atoms with van der Waals surface area (Å²) in [6.07, 6.45) is 0. The number of benzene rings is 1. The topological polar surface area (TPSA) is 15.3 Å². The number of piperazine rings is 1. The lowest BCUT2D eigenvalue weighted by Gasteiger charge is -2.33. The van der Waals surface area contributed by atoms with Crippen LogP contribution in [0.3, 0.4) is 0 Å². The summed E-state index contributed by atoms with van der Waals surface area (Å²) >= 11 is 0. The lowest BCUT2D eigenvalue weighted by molar-refractivity contribution is 0.144. The molecule has 0 spiro atoms. The first kappa shape index (κ1) is 18.5. The predicted octanol–water partition coefficient (Wildman–Crippen LogP) is 2.72. The highest BCUT2D eigenvalue weighted by atomic mass is 35.5. The largest absolute Gasteiger partial charge is 0.314 e. The quantitative estimate of drug-likeness (QED) is 0.922. The van der Waals surface area contributed by atoms with E-state index in [9.17, 15) is 13.2 Å².